The molecule has 2 nitrogen and oxygen atoms in total. The number of anilines is 1. The van der Waals surface area contributed by atoms with Crippen LogP contribution in [0, 0.1) is 0 Å². The number of thioether (sulfide) groups is 1. The molecule has 0 bridgehead atoms. The molecule has 0 unspecified atom stereocenters. The number of benzene rings is 1. The van der Waals surface area contributed by atoms with Gasteiger partial charge in [0.1, 0.15) is 6.29 Å². The van der Waals surface area contributed by atoms with E-state index in [-0.39, 0.29) is 0 Å². The molecule has 1 aliphatic rings. The van der Waals surface area contributed by atoms with Gasteiger partial charge in [0.2, 0.25) is 0 Å². The summed E-state index contributed by atoms with van der Waals surface area (Å²) >= 11 is 1.77. The molecule has 1 heterocycles. The highest BCUT2D eigenvalue weighted by Gasteiger charge is 2.24. The minimum atomic E-state index is 0.757. The zero-order valence-electron chi connectivity index (χ0n) is 10.9. The topological polar surface area (TPSA) is 20.3 Å². The number of carbonyl (C=O) groups excluding carboxylic acids is 1. The van der Waals surface area contributed by atoms with E-state index in [1.807, 2.05) is 13.0 Å². The monoisotopic (exact) mass is 259 g/mol. The Balaban J connectivity index is 2.44. The minimum absolute atomic E-state index is 0.757. The lowest BCUT2D eigenvalue weighted by atomic mass is 10.2. The zero-order valence-corrected chi connectivity index (χ0v) is 11.8. The number of fused-ring (bicyclic) bond motifs is 1. The van der Waals surface area contributed by atoms with Crippen molar-refractivity contribution in [3.8, 4) is 0 Å². The first-order valence-corrected chi connectivity index (χ1v) is 6.87. The molecular weight excluding hydrogens is 242 g/mol. The van der Waals surface area contributed by atoms with Gasteiger partial charge in [-0.05, 0) is 44.1 Å². The number of nitrogens with zero attached hydrogens (tertiary/aromatic N) is 1. The Labute approximate surface area is 112 Å². The number of aldehydes is 1. The Morgan fingerprint density at radius 3 is 2.72 bits per heavy atom. The van der Waals surface area contributed by atoms with Gasteiger partial charge in [0, 0.05) is 11.4 Å². The Morgan fingerprint density at radius 1 is 1.33 bits per heavy atom. The van der Waals surface area contributed by atoms with E-state index in [2.05, 4.69) is 43.0 Å². The van der Waals surface area contributed by atoms with E-state index in [4.69, 9.17) is 0 Å². The SMILES string of the molecule is CCN1C(=C(C)C=C(C)C=O)Sc2ccccc21. The van der Waals surface area contributed by atoms with Crippen LogP contribution in [0.5, 0.6) is 0 Å². The van der Waals surface area contributed by atoms with Crippen LogP contribution in [0.25, 0.3) is 0 Å². The summed E-state index contributed by atoms with van der Waals surface area (Å²) in [6.07, 6.45) is 2.84. The third-order valence-electron chi connectivity index (χ3n) is 2.89. The maximum absolute atomic E-state index is 10.7. The van der Waals surface area contributed by atoms with Gasteiger partial charge in [-0.3, -0.25) is 4.79 Å². The van der Waals surface area contributed by atoms with Crippen LogP contribution in [-0.4, -0.2) is 12.8 Å². The van der Waals surface area contributed by atoms with E-state index in [1.165, 1.54) is 15.6 Å². The predicted molar refractivity (Wildman–Crippen MR) is 77.8 cm³/mol. The summed E-state index contributed by atoms with van der Waals surface area (Å²) in [5.74, 6) is 0. The maximum atomic E-state index is 10.7. The number of hydrogen-bond donors (Lipinski definition) is 0. The Morgan fingerprint density at radius 2 is 2.06 bits per heavy atom. The highest BCUT2D eigenvalue weighted by atomic mass is 32.2. The third kappa shape index (κ3) is 2.36. The van der Waals surface area contributed by atoms with Crippen LogP contribution in [0.3, 0.4) is 0 Å². The number of rotatable bonds is 3. The molecule has 3 heteroatoms. The maximum Gasteiger partial charge on any atom is 0.145 e. The quantitative estimate of drug-likeness (QED) is 0.604. The lowest BCUT2D eigenvalue weighted by molar-refractivity contribution is -0.104. The van der Waals surface area contributed by atoms with Gasteiger partial charge in [0.05, 0.1) is 10.7 Å². The van der Waals surface area contributed by atoms with Crippen molar-refractivity contribution in [2.75, 3.05) is 11.4 Å². The van der Waals surface area contributed by atoms with E-state index in [1.54, 1.807) is 11.8 Å². The van der Waals surface area contributed by atoms with E-state index < -0.39 is 0 Å². The van der Waals surface area contributed by atoms with E-state index in [0.29, 0.717) is 0 Å². The van der Waals surface area contributed by atoms with Crippen LogP contribution < -0.4 is 4.90 Å². The smallest absolute Gasteiger partial charge is 0.145 e. The molecule has 94 valence electrons. The highest BCUT2D eigenvalue weighted by molar-refractivity contribution is 8.03. The third-order valence-corrected chi connectivity index (χ3v) is 4.19. The van der Waals surface area contributed by atoms with Crippen molar-refractivity contribution in [3.63, 3.8) is 0 Å². The number of allylic oxidation sites excluding steroid dienone is 3. The molecule has 0 saturated carbocycles. The largest absolute Gasteiger partial charge is 0.335 e. The van der Waals surface area contributed by atoms with Gasteiger partial charge in [-0.25, -0.2) is 0 Å². The average Bonchev–Trinajstić information content (AvgIpc) is 2.77. The summed E-state index contributed by atoms with van der Waals surface area (Å²) in [6, 6.07) is 8.40. The Kier molecular flexibility index (Phi) is 3.92. The fourth-order valence-corrected chi connectivity index (χ4v) is 3.27. The molecule has 18 heavy (non-hydrogen) atoms. The van der Waals surface area contributed by atoms with Crippen LogP contribution in [0.2, 0.25) is 0 Å². The van der Waals surface area contributed by atoms with Gasteiger partial charge >= 0.3 is 0 Å². The zero-order chi connectivity index (χ0) is 13.1. The predicted octanol–water partition coefficient (Wildman–Crippen LogP) is 4.00. The first-order valence-electron chi connectivity index (χ1n) is 6.06. The van der Waals surface area contributed by atoms with Crippen molar-refractivity contribution < 1.29 is 4.79 Å². The summed E-state index contributed by atoms with van der Waals surface area (Å²) in [5, 5.41) is 1.22. The highest BCUT2D eigenvalue weighted by Crippen LogP contribution is 2.46. The van der Waals surface area contributed by atoms with Crippen LogP contribution in [0.4, 0.5) is 5.69 Å². The molecule has 0 aliphatic carbocycles. The number of carbonyl (C=O) groups is 1. The summed E-state index contributed by atoms with van der Waals surface area (Å²) in [6.45, 7) is 6.97. The van der Waals surface area contributed by atoms with Crippen LogP contribution in [0.1, 0.15) is 20.8 Å². The summed E-state index contributed by atoms with van der Waals surface area (Å²) in [5.41, 5.74) is 3.16. The van der Waals surface area contributed by atoms with Crippen LogP contribution in [-0.2, 0) is 4.79 Å². The van der Waals surface area contributed by atoms with E-state index in [0.717, 1.165) is 24.0 Å². The van der Waals surface area contributed by atoms with Gasteiger partial charge in [0.15, 0.2) is 0 Å². The molecule has 0 aromatic heterocycles. The lowest BCUT2D eigenvalue weighted by Gasteiger charge is -2.19. The molecule has 0 amide bonds. The van der Waals surface area contributed by atoms with Gasteiger partial charge in [0.25, 0.3) is 0 Å². The van der Waals surface area contributed by atoms with Crippen molar-refractivity contribution in [1.82, 2.24) is 0 Å². The molecule has 0 N–H and O–H groups in total. The molecule has 2 rings (SSSR count). The normalized spacial score (nSPS) is 17.7. The Bertz CT molecular complexity index is 531. The fraction of sp³-hybridized carbons (Fsp3) is 0.267. The molecule has 0 atom stereocenters. The molecule has 0 radical (unpaired) electrons. The minimum Gasteiger partial charge on any atom is -0.335 e. The standard InChI is InChI=1S/C15H17NOS/c1-4-16-13-7-5-6-8-14(13)18-15(16)12(3)9-11(2)10-17/h5-10H,4H2,1-3H3. The van der Waals surface area contributed by atoms with Crippen LogP contribution in [0.15, 0.2) is 51.4 Å². The van der Waals surface area contributed by atoms with Gasteiger partial charge < -0.3 is 4.90 Å². The average molecular weight is 259 g/mol. The molecule has 1 aromatic rings. The number of para-hydroxylation sites is 1. The Hall–Kier alpha value is -1.48. The second-order valence-corrected chi connectivity index (χ2v) is 5.34. The fourth-order valence-electron chi connectivity index (χ4n) is 2.08. The second kappa shape index (κ2) is 5.44. The molecule has 1 aromatic carbocycles. The van der Waals surface area contributed by atoms with Crippen molar-refractivity contribution in [2.45, 2.75) is 25.7 Å². The summed E-state index contributed by atoms with van der Waals surface area (Å²) in [7, 11) is 0. The first kappa shape index (κ1) is 13.0. The molecule has 0 fully saturated rings. The van der Waals surface area contributed by atoms with E-state index in [9.17, 15) is 4.79 Å². The lowest BCUT2D eigenvalue weighted by Crippen LogP contribution is -2.17. The van der Waals surface area contributed by atoms with Gasteiger partial charge in [-0.1, -0.05) is 30.0 Å². The van der Waals surface area contributed by atoms with Crippen molar-refractivity contribution in [1.29, 1.82) is 0 Å². The molecule has 0 saturated heterocycles. The van der Waals surface area contributed by atoms with Crippen molar-refractivity contribution in [3.05, 3.63) is 46.5 Å². The molecule has 0 spiro atoms. The summed E-state index contributed by atoms with van der Waals surface area (Å²) in [4.78, 5) is 14.3. The summed E-state index contributed by atoms with van der Waals surface area (Å²) < 4.78 is 0. The first-order chi connectivity index (χ1) is 8.67. The molecular formula is C15H17NOS. The van der Waals surface area contributed by atoms with E-state index >= 15 is 0 Å². The van der Waals surface area contributed by atoms with Crippen LogP contribution >= 0.6 is 11.8 Å². The number of hydrogen-bond acceptors (Lipinski definition) is 3. The van der Waals surface area contributed by atoms with Gasteiger partial charge in [-0.2, -0.15) is 0 Å². The van der Waals surface area contributed by atoms with Gasteiger partial charge in [-0.15, -0.1) is 0 Å². The van der Waals surface area contributed by atoms with Crippen molar-refractivity contribution >= 4 is 23.7 Å². The van der Waals surface area contributed by atoms with Crippen molar-refractivity contribution in [2.24, 2.45) is 0 Å². The second-order valence-electron chi connectivity index (χ2n) is 4.31. The molecule has 1 aliphatic heterocycles.